The highest BCUT2D eigenvalue weighted by Crippen LogP contribution is 2.36. The van der Waals surface area contributed by atoms with Gasteiger partial charge < -0.3 is 15.2 Å². The minimum absolute atomic E-state index is 0.0870. The van der Waals surface area contributed by atoms with Crippen LogP contribution in [0.4, 0.5) is 24.7 Å². The second-order valence-corrected chi connectivity index (χ2v) is 9.36. The molecule has 0 spiro atoms. The summed E-state index contributed by atoms with van der Waals surface area (Å²) >= 11 is 5.80. The first-order valence-corrected chi connectivity index (χ1v) is 11.0. The Kier molecular flexibility index (Phi) is 6.48. The number of amides is 2. The molecular weight excluding hydrogens is 501 g/mol. The fraction of sp³-hybridized carbons (Fsp3) is 0.261. The predicted molar refractivity (Wildman–Crippen MR) is 125 cm³/mol. The lowest BCUT2D eigenvalue weighted by Crippen LogP contribution is -2.19. The maximum Gasteiger partial charge on any atom is 0.418 e. The summed E-state index contributed by atoms with van der Waals surface area (Å²) in [6.45, 7) is 5.71. The summed E-state index contributed by atoms with van der Waals surface area (Å²) in [5.41, 5.74) is -1.69. The normalized spacial score (nSPS) is 12.1. The van der Waals surface area contributed by atoms with Crippen molar-refractivity contribution in [1.29, 1.82) is 0 Å². The number of aromatic nitrogens is 4. The number of anilines is 2. The molecule has 3 aromatic heterocycles. The van der Waals surface area contributed by atoms with Gasteiger partial charge in [-0.25, -0.2) is 9.50 Å². The molecule has 0 bridgehead atoms. The topological polar surface area (TPSA) is 114 Å². The SMILES string of the molecule is CC(C)(C)c1cc(NC(=O)Cc2ccc(NC(=O)c3cn4nc(Cl)ccc4n3)c(C(F)(F)F)c2)no1. The molecule has 0 aliphatic heterocycles. The minimum atomic E-state index is -4.79. The predicted octanol–water partition coefficient (Wildman–Crippen LogP) is 5.12. The average molecular weight is 521 g/mol. The molecule has 13 heteroatoms. The highest BCUT2D eigenvalue weighted by Gasteiger charge is 2.34. The molecule has 0 atom stereocenters. The van der Waals surface area contributed by atoms with Crippen LogP contribution in [0.25, 0.3) is 5.65 Å². The van der Waals surface area contributed by atoms with Crippen molar-refractivity contribution in [3.8, 4) is 0 Å². The zero-order valence-corrected chi connectivity index (χ0v) is 20.0. The summed E-state index contributed by atoms with van der Waals surface area (Å²) in [5.74, 6) is -0.743. The van der Waals surface area contributed by atoms with E-state index in [1.54, 1.807) is 6.07 Å². The number of fused-ring (bicyclic) bond motifs is 1. The molecule has 0 saturated heterocycles. The van der Waals surface area contributed by atoms with E-state index in [1.165, 1.54) is 28.9 Å². The van der Waals surface area contributed by atoms with Gasteiger partial charge in [0.1, 0.15) is 16.6 Å². The van der Waals surface area contributed by atoms with E-state index in [1.807, 2.05) is 20.8 Å². The van der Waals surface area contributed by atoms with E-state index < -0.39 is 29.2 Å². The number of nitrogens with one attached hydrogen (secondary N) is 2. The quantitative estimate of drug-likeness (QED) is 0.377. The molecule has 4 rings (SSSR count). The third-order valence-corrected chi connectivity index (χ3v) is 5.24. The van der Waals surface area contributed by atoms with Gasteiger partial charge in [0, 0.05) is 11.5 Å². The van der Waals surface area contributed by atoms with Crippen molar-refractivity contribution in [3.05, 3.63) is 70.3 Å². The highest BCUT2D eigenvalue weighted by molar-refractivity contribution is 6.29. The first-order chi connectivity index (χ1) is 16.8. The lowest BCUT2D eigenvalue weighted by atomic mass is 9.93. The third kappa shape index (κ3) is 5.65. The molecule has 4 aromatic rings. The summed E-state index contributed by atoms with van der Waals surface area (Å²) in [5, 5.41) is 12.6. The summed E-state index contributed by atoms with van der Waals surface area (Å²) in [6, 6.07) is 7.75. The summed E-state index contributed by atoms with van der Waals surface area (Å²) in [7, 11) is 0. The first kappa shape index (κ1) is 25.2. The number of carbonyl (C=O) groups is 2. The van der Waals surface area contributed by atoms with Crippen LogP contribution in [0.1, 0.15) is 48.1 Å². The molecule has 9 nitrogen and oxygen atoms in total. The Labute approximate surface area is 207 Å². The Morgan fingerprint density at radius 3 is 2.50 bits per heavy atom. The first-order valence-electron chi connectivity index (χ1n) is 10.6. The second kappa shape index (κ2) is 9.26. The van der Waals surface area contributed by atoms with Gasteiger partial charge in [0.05, 0.1) is 23.9 Å². The van der Waals surface area contributed by atoms with E-state index in [0.717, 1.165) is 12.1 Å². The smallest absolute Gasteiger partial charge is 0.359 e. The van der Waals surface area contributed by atoms with Gasteiger partial charge in [-0.05, 0) is 29.8 Å². The number of rotatable bonds is 5. The van der Waals surface area contributed by atoms with Crippen LogP contribution in [0.3, 0.4) is 0 Å². The standard InChI is InChI=1S/C23H20ClF3N6O3/c1-22(2,3)16-10-18(32-36-16)30-20(34)9-12-4-5-14(13(8-12)23(25,26)27)29-21(35)15-11-33-19(28-15)7-6-17(24)31-33/h4-8,10-11H,9H2,1-3H3,(H,29,35)(H,30,32,34). The summed E-state index contributed by atoms with van der Waals surface area (Å²) in [4.78, 5) is 29.0. The Hall–Kier alpha value is -3.93. The van der Waals surface area contributed by atoms with Crippen LogP contribution in [0.15, 0.2) is 47.1 Å². The molecule has 0 aliphatic carbocycles. The van der Waals surface area contributed by atoms with Gasteiger partial charge in [-0.3, -0.25) is 9.59 Å². The fourth-order valence-electron chi connectivity index (χ4n) is 3.26. The number of hydrogen-bond donors (Lipinski definition) is 2. The van der Waals surface area contributed by atoms with Gasteiger partial charge in [-0.15, -0.1) is 0 Å². The van der Waals surface area contributed by atoms with Gasteiger partial charge >= 0.3 is 6.18 Å². The Balaban J connectivity index is 1.51. The molecule has 2 amide bonds. The molecule has 0 saturated carbocycles. The summed E-state index contributed by atoms with van der Waals surface area (Å²) < 4.78 is 47.7. The number of alkyl halides is 3. The molecule has 0 aliphatic rings. The Bertz CT molecular complexity index is 1460. The van der Waals surface area contributed by atoms with E-state index in [-0.39, 0.29) is 34.1 Å². The van der Waals surface area contributed by atoms with E-state index in [0.29, 0.717) is 11.4 Å². The number of hydrogen-bond acceptors (Lipinski definition) is 6. The van der Waals surface area contributed by atoms with Gasteiger partial charge in [0.15, 0.2) is 11.5 Å². The van der Waals surface area contributed by atoms with Crippen LogP contribution in [0.5, 0.6) is 0 Å². The molecular formula is C23H20ClF3N6O3. The molecule has 2 N–H and O–H groups in total. The van der Waals surface area contributed by atoms with Crippen LogP contribution in [0, 0.1) is 0 Å². The van der Waals surface area contributed by atoms with Crippen molar-refractivity contribution >= 4 is 40.6 Å². The molecule has 0 unspecified atom stereocenters. The van der Waals surface area contributed by atoms with E-state index in [4.69, 9.17) is 16.1 Å². The average Bonchev–Trinajstić information content (AvgIpc) is 3.40. The minimum Gasteiger partial charge on any atom is -0.359 e. The zero-order chi connectivity index (χ0) is 26.3. The van der Waals surface area contributed by atoms with Crippen molar-refractivity contribution < 1.29 is 27.3 Å². The van der Waals surface area contributed by atoms with Crippen LogP contribution in [-0.4, -0.2) is 31.6 Å². The van der Waals surface area contributed by atoms with E-state index in [2.05, 4.69) is 25.9 Å². The van der Waals surface area contributed by atoms with Gasteiger partial charge in [-0.1, -0.05) is 43.6 Å². The second-order valence-electron chi connectivity index (χ2n) is 8.97. The van der Waals surface area contributed by atoms with Gasteiger partial charge in [0.25, 0.3) is 5.91 Å². The number of halogens is 4. The fourth-order valence-corrected chi connectivity index (χ4v) is 3.40. The van der Waals surface area contributed by atoms with Gasteiger partial charge in [0.2, 0.25) is 5.91 Å². The van der Waals surface area contributed by atoms with E-state index in [9.17, 15) is 22.8 Å². The number of carbonyl (C=O) groups excluding carboxylic acids is 2. The number of benzene rings is 1. The molecule has 0 radical (unpaired) electrons. The zero-order valence-electron chi connectivity index (χ0n) is 19.3. The number of nitrogens with zero attached hydrogens (tertiary/aromatic N) is 4. The van der Waals surface area contributed by atoms with Crippen molar-refractivity contribution in [1.82, 2.24) is 19.8 Å². The molecule has 36 heavy (non-hydrogen) atoms. The Morgan fingerprint density at radius 1 is 1.08 bits per heavy atom. The van der Waals surface area contributed by atoms with Crippen LogP contribution >= 0.6 is 11.6 Å². The van der Waals surface area contributed by atoms with Crippen molar-refractivity contribution in [2.24, 2.45) is 0 Å². The molecule has 188 valence electrons. The van der Waals surface area contributed by atoms with Crippen LogP contribution in [-0.2, 0) is 22.8 Å². The lowest BCUT2D eigenvalue weighted by Gasteiger charge is -2.15. The maximum atomic E-state index is 13.8. The van der Waals surface area contributed by atoms with Gasteiger partial charge in [-0.2, -0.15) is 18.3 Å². The third-order valence-electron chi connectivity index (χ3n) is 5.04. The molecule has 3 heterocycles. The van der Waals surface area contributed by atoms with Crippen LogP contribution in [0.2, 0.25) is 5.15 Å². The number of imidazole rings is 1. The summed E-state index contributed by atoms with van der Waals surface area (Å²) in [6.07, 6.45) is -3.90. The molecule has 0 fully saturated rings. The van der Waals surface area contributed by atoms with Crippen molar-refractivity contribution in [3.63, 3.8) is 0 Å². The largest absolute Gasteiger partial charge is 0.418 e. The monoisotopic (exact) mass is 520 g/mol. The van der Waals surface area contributed by atoms with E-state index >= 15 is 0 Å². The van der Waals surface area contributed by atoms with Crippen molar-refractivity contribution in [2.75, 3.05) is 10.6 Å². The Morgan fingerprint density at radius 2 is 1.83 bits per heavy atom. The molecule has 1 aromatic carbocycles. The lowest BCUT2D eigenvalue weighted by molar-refractivity contribution is -0.137. The highest BCUT2D eigenvalue weighted by atomic mass is 35.5. The van der Waals surface area contributed by atoms with Crippen LogP contribution < -0.4 is 10.6 Å². The van der Waals surface area contributed by atoms with Crippen molar-refractivity contribution in [2.45, 2.75) is 38.8 Å². The maximum absolute atomic E-state index is 13.8.